The van der Waals surface area contributed by atoms with Gasteiger partial charge in [-0.3, -0.25) is 14.6 Å². The fourth-order valence-corrected chi connectivity index (χ4v) is 5.53. The highest BCUT2D eigenvalue weighted by atomic mass is 19.1. The maximum atomic E-state index is 14.7. The second-order valence-electron chi connectivity index (χ2n) is 10.6. The first kappa shape index (κ1) is 28.9. The number of nitrogens with zero attached hydrogens (tertiary/aromatic N) is 2. The highest BCUT2D eigenvalue weighted by Gasteiger charge is 2.34. The molecular weight excluding hydrogens is 565 g/mol. The molecule has 1 atom stereocenters. The Morgan fingerprint density at radius 1 is 1.05 bits per heavy atom. The Kier molecular flexibility index (Phi) is 8.23. The van der Waals surface area contributed by atoms with Gasteiger partial charge in [-0.25, -0.2) is 9.18 Å². The minimum absolute atomic E-state index is 0.0277. The number of benzene rings is 3. The molecule has 3 aliphatic heterocycles. The number of hydrogen-bond donors (Lipinski definition) is 1. The Bertz CT molecular complexity index is 1720. The van der Waals surface area contributed by atoms with Crippen LogP contribution in [-0.4, -0.2) is 54.5 Å². The van der Waals surface area contributed by atoms with E-state index in [1.54, 1.807) is 23.1 Å². The van der Waals surface area contributed by atoms with E-state index in [0.29, 0.717) is 49.6 Å². The van der Waals surface area contributed by atoms with E-state index >= 15 is 0 Å². The second kappa shape index (κ2) is 12.5. The van der Waals surface area contributed by atoms with E-state index < -0.39 is 17.8 Å². The van der Waals surface area contributed by atoms with Crippen molar-refractivity contribution in [1.29, 1.82) is 0 Å². The lowest BCUT2D eigenvalue weighted by Gasteiger charge is -2.38. The number of aromatic nitrogens is 1. The number of pyridine rings is 1. The third-order valence-corrected chi connectivity index (χ3v) is 7.68. The van der Waals surface area contributed by atoms with Gasteiger partial charge >= 0.3 is 5.97 Å². The van der Waals surface area contributed by atoms with Crippen LogP contribution >= 0.6 is 0 Å². The maximum Gasteiger partial charge on any atom is 0.339 e. The number of ether oxygens (including phenoxy) is 3. The van der Waals surface area contributed by atoms with E-state index in [0.717, 1.165) is 16.7 Å². The summed E-state index contributed by atoms with van der Waals surface area (Å²) >= 11 is 0. The number of halogens is 1. The first-order valence-corrected chi connectivity index (χ1v) is 14.3. The molecule has 4 aromatic rings. The van der Waals surface area contributed by atoms with E-state index in [-0.39, 0.29) is 35.2 Å². The minimum atomic E-state index is -0.535. The quantitative estimate of drug-likeness (QED) is 0.324. The molecule has 0 saturated carbocycles. The summed E-state index contributed by atoms with van der Waals surface area (Å²) in [7, 11) is 1.28. The molecule has 1 aromatic heterocycles. The normalized spacial score (nSPS) is 16.4. The van der Waals surface area contributed by atoms with Gasteiger partial charge in [-0.15, -0.1) is 0 Å². The Morgan fingerprint density at radius 2 is 1.93 bits per heavy atom. The molecule has 4 heterocycles. The number of carbonyl (C=O) groups excluding carboxylic acids is 3. The SMILES string of the molecule is COC(=O)c1ccc(C(=O)N2CCc3cc4ccc3C2c2cccc(c2)OCCCNC(=O)Cc2ccc(F)c(c2)O4)nc1. The van der Waals surface area contributed by atoms with Crippen molar-refractivity contribution in [3.8, 4) is 17.2 Å². The van der Waals surface area contributed by atoms with Crippen LogP contribution in [0.5, 0.6) is 17.2 Å². The predicted molar refractivity (Wildman–Crippen MR) is 158 cm³/mol. The van der Waals surface area contributed by atoms with E-state index in [1.807, 2.05) is 36.4 Å². The van der Waals surface area contributed by atoms with E-state index in [2.05, 4.69) is 10.3 Å². The number of amides is 2. The van der Waals surface area contributed by atoms with Crippen LogP contribution in [0.3, 0.4) is 0 Å². The fourth-order valence-electron chi connectivity index (χ4n) is 5.53. The number of hydrogen-bond acceptors (Lipinski definition) is 7. The van der Waals surface area contributed by atoms with Gasteiger partial charge in [0.1, 0.15) is 17.2 Å². The number of carbonyl (C=O) groups is 3. The van der Waals surface area contributed by atoms with Gasteiger partial charge in [0.2, 0.25) is 5.91 Å². The Balaban J connectivity index is 1.39. The molecule has 0 spiro atoms. The van der Waals surface area contributed by atoms with Crippen LogP contribution in [0.25, 0.3) is 0 Å². The molecule has 9 nitrogen and oxygen atoms in total. The van der Waals surface area contributed by atoms with Crippen molar-refractivity contribution in [2.24, 2.45) is 0 Å². The first-order valence-electron chi connectivity index (χ1n) is 14.3. The van der Waals surface area contributed by atoms with Crippen LogP contribution < -0.4 is 14.8 Å². The van der Waals surface area contributed by atoms with Crippen molar-refractivity contribution in [2.75, 3.05) is 26.8 Å². The van der Waals surface area contributed by atoms with Crippen LogP contribution in [0.1, 0.15) is 55.6 Å². The van der Waals surface area contributed by atoms with E-state index in [1.165, 1.54) is 31.5 Å². The highest BCUT2D eigenvalue weighted by molar-refractivity contribution is 5.95. The molecule has 10 heteroatoms. The van der Waals surface area contributed by atoms with Gasteiger partial charge in [-0.2, -0.15) is 0 Å². The molecular formula is C34H30FN3O6. The molecule has 2 amide bonds. The van der Waals surface area contributed by atoms with Crippen molar-refractivity contribution in [2.45, 2.75) is 25.3 Å². The first-order chi connectivity index (χ1) is 21.4. The summed E-state index contributed by atoms with van der Waals surface area (Å²) < 4.78 is 31.5. The summed E-state index contributed by atoms with van der Waals surface area (Å²) in [5.74, 6) is -0.436. The molecule has 3 aromatic carbocycles. The zero-order chi connectivity index (χ0) is 30.6. The smallest absolute Gasteiger partial charge is 0.339 e. The summed E-state index contributed by atoms with van der Waals surface area (Å²) in [4.78, 5) is 44.3. The zero-order valence-electron chi connectivity index (χ0n) is 24.0. The monoisotopic (exact) mass is 595 g/mol. The topological polar surface area (TPSA) is 107 Å². The van der Waals surface area contributed by atoms with Gasteiger partial charge in [0, 0.05) is 19.3 Å². The molecule has 1 N–H and O–H groups in total. The summed E-state index contributed by atoms with van der Waals surface area (Å²) in [6.07, 6.45) is 2.53. The van der Waals surface area contributed by atoms with Crippen molar-refractivity contribution in [3.63, 3.8) is 0 Å². The lowest BCUT2D eigenvalue weighted by atomic mass is 9.87. The third-order valence-electron chi connectivity index (χ3n) is 7.68. The Hall–Kier alpha value is -5.25. The molecule has 44 heavy (non-hydrogen) atoms. The Morgan fingerprint density at radius 3 is 2.75 bits per heavy atom. The van der Waals surface area contributed by atoms with Gasteiger partial charge in [0.15, 0.2) is 11.6 Å². The van der Waals surface area contributed by atoms with Gasteiger partial charge in [0.25, 0.3) is 5.91 Å². The number of fused-ring (bicyclic) bond motifs is 7. The van der Waals surface area contributed by atoms with Gasteiger partial charge in [-0.1, -0.05) is 24.3 Å². The van der Waals surface area contributed by atoms with Gasteiger partial charge < -0.3 is 24.4 Å². The maximum absolute atomic E-state index is 14.7. The van der Waals surface area contributed by atoms with Crippen LogP contribution in [0.4, 0.5) is 4.39 Å². The molecule has 0 fully saturated rings. The summed E-state index contributed by atoms with van der Waals surface area (Å²) in [6, 6.07) is 20.0. The summed E-state index contributed by atoms with van der Waals surface area (Å²) in [6.45, 7) is 1.17. The van der Waals surface area contributed by atoms with Crippen molar-refractivity contribution in [1.82, 2.24) is 15.2 Å². The lowest BCUT2D eigenvalue weighted by Crippen LogP contribution is -2.41. The zero-order valence-corrected chi connectivity index (χ0v) is 24.0. The lowest BCUT2D eigenvalue weighted by molar-refractivity contribution is -0.120. The third kappa shape index (κ3) is 6.10. The predicted octanol–water partition coefficient (Wildman–Crippen LogP) is 5.03. The number of methoxy groups -OCH3 is 1. The molecule has 3 aliphatic rings. The largest absolute Gasteiger partial charge is 0.494 e. The molecule has 1 unspecified atom stereocenters. The molecule has 224 valence electrons. The molecule has 7 rings (SSSR count). The Labute approximate surface area is 253 Å². The standard InChI is InChI=1S/C34H30FN3O6/c1-42-34(41)24-7-11-29(37-20-24)33(40)38-14-12-22-18-26-8-9-27(22)32(38)23-4-2-5-25(19-23)43-15-3-13-36-31(39)17-21-6-10-28(35)30(16-21)44-26/h2,4-11,16,18-20,32H,3,12-15,17H2,1H3,(H,36,39). The van der Waals surface area contributed by atoms with E-state index in [4.69, 9.17) is 14.2 Å². The van der Waals surface area contributed by atoms with Crippen LogP contribution in [-0.2, 0) is 22.4 Å². The van der Waals surface area contributed by atoms with Crippen molar-refractivity contribution >= 4 is 17.8 Å². The average molecular weight is 596 g/mol. The highest BCUT2D eigenvalue weighted by Crippen LogP contribution is 2.39. The fraction of sp³-hybridized carbons (Fsp3) is 0.235. The number of esters is 1. The number of nitrogens with one attached hydrogen (secondary N) is 1. The van der Waals surface area contributed by atoms with Crippen LogP contribution in [0, 0.1) is 5.82 Å². The van der Waals surface area contributed by atoms with Crippen LogP contribution in [0.15, 0.2) is 79.0 Å². The summed E-state index contributed by atoms with van der Waals surface area (Å²) in [5, 5.41) is 2.87. The van der Waals surface area contributed by atoms with Gasteiger partial charge in [-0.05, 0) is 83.6 Å². The van der Waals surface area contributed by atoms with Gasteiger partial charge in [0.05, 0.1) is 31.7 Å². The van der Waals surface area contributed by atoms with Crippen LogP contribution in [0.2, 0.25) is 0 Å². The number of rotatable bonds is 2. The molecule has 0 saturated heterocycles. The van der Waals surface area contributed by atoms with Crippen molar-refractivity contribution < 1.29 is 33.0 Å². The molecule has 0 radical (unpaired) electrons. The molecule has 8 bridgehead atoms. The summed E-state index contributed by atoms with van der Waals surface area (Å²) in [5.41, 5.74) is 3.75. The molecule has 0 aliphatic carbocycles. The van der Waals surface area contributed by atoms with E-state index in [9.17, 15) is 18.8 Å². The van der Waals surface area contributed by atoms with Crippen molar-refractivity contribution in [3.05, 3.63) is 118 Å². The second-order valence-corrected chi connectivity index (χ2v) is 10.6. The average Bonchev–Trinajstić information content (AvgIpc) is 3.04. The minimum Gasteiger partial charge on any atom is -0.494 e.